The standard InChI is InChI=1S/C11H18O9/c1-11(5-18-8(15)2-12,6-19-9(16)3-13)7-20-10(17)4-14/h12-14H,2-7H2,1H3. The molecular formula is C11H18O9. The molecule has 9 nitrogen and oxygen atoms in total. The highest BCUT2D eigenvalue weighted by Crippen LogP contribution is 2.18. The summed E-state index contributed by atoms with van der Waals surface area (Å²) in [5, 5.41) is 25.6. The number of aliphatic hydroxyl groups excluding tert-OH is 3. The fraction of sp³-hybridized carbons (Fsp3) is 0.727. The topological polar surface area (TPSA) is 140 Å². The highest BCUT2D eigenvalue weighted by atomic mass is 16.6. The van der Waals surface area contributed by atoms with E-state index in [0.29, 0.717) is 0 Å². The van der Waals surface area contributed by atoms with E-state index >= 15 is 0 Å². The van der Waals surface area contributed by atoms with Gasteiger partial charge in [-0.05, 0) is 6.92 Å². The third kappa shape index (κ3) is 7.67. The average Bonchev–Trinajstić information content (AvgIpc) is 2.47. The molecule has 20 heavy (non-hydrogen) atoms. The van der Waals surface area contributed by atoms with Gasteiger partial charge in [0, 0.05) is 0 Å². The molecule has 0 rings (SSSR count). The molecule has 0 spiro atoms. The van der Waals surface area contributed by atoms with Crippen LogP contribution in [0, 0.1) is 5.41 Å². The van der Waals surface area contributed by atoms with Gasteiger partial charge < -0.3 is 29.5 Å². The van der Waals surface area contributed by atoms with Crippen LogP contribution in [-0.2, 0) is 28.6 Å². The second kappa shape index (κ2) is 9.23. The van der Waals surface area contributed by atoms with E-state index in [1.807, 2.05) is 0 Å². The van der Waals surface area contributed by atoms with Crippen LogP contribution in [0.15, 0.2) is 0 Å². The van der Waals surface area contributed by atoms with E-state index in [9.17, 15) is 14.4 Å². The van der Waals surface area contributed by atoms with Gasteiger partial charge in [-0.25, -0.2) is 14.4 Å². The molecule has 0 saturated heterocycles. The Morgan fingerprint density at radius 2 is 1.00 bits per heavy atom. The number of hydrogen-bond acceptors (Lipinski definition) is 9. The van der Waals surface area contributed by atoms with Crippen LogP contribution < -0.4 is 0 Å². The Kier molecular flexibility index (Phi) is 8.45. The Labute approximate surface area is 115 Å². The Morgan fingerprint density at radius 1 is 0.750 bits per heavy atom. The third-order valence-electron chi connectivity index (χ3n) is 2.13. The number of rotatable bonds is 9. The lowest BCUT2D eigenvalue weighted by molar-refractivity contribution is -0.164. The molecule has 0 heterocycles. The molecule has 0 aromatic rings. The molecule has 0 amide bonds. The highest BCUT2D eigenvalue weighted by Gasteiger charge is 2.30. The van der Waals surface area contributed by atoms with Gasteiger partial charge in [0.1, 0.15) is 39.6 Å². The molecule has 0 aromatic carbocycles. The molecule has 0 radical (unpaired) electrons. The largest absolute Gasteiger partial charge is 0.463 e. The third-order valence-corrected chi connectivity index (χ3v) is 2.13. The Balaban J connectivity index is 4.51. The van der Waals surface area contributed by atoms with Crippen LogP contribution >= 0.6 is 0 Å². The second-order valence-electron chi connectivity index (χ2n) is 4.27. The van der Waals surface area contributed by atoms with Crippen molar-refractivity contribution in [2.45, 2.75) is 6.92 Å². The SMILES string of the molecule is CC(COC(=O)CO)(COC(=O)CO)COC(=O)CO. The number of esters is 3. The van der Waals surface area contributed by atoms with E-state index in [-0.39, 0.29) is 19.8 Å². The summed E-state index contributed by atoms with van der Waals surface area (Å²) in [5.41, 5.74) is -1.07. The number of hydrogen-bond donors (Lipinski definition) is 3. The molecule has 116 valence electrons. The van der Waals surface area contributed by atoms with Crippen molar-refractivity contribution in [3.63, 3.8) is 0 Å². The van der Waals surface area contributed by atoms with Gasteiger partial charge in [-0.3, -0.25) is 0 Å². The summed E-state index contributed by atoms with van der Waals surface area (Å²) in [4.78, 5) is 32.6. The summed E-state index contributed by atoms with van der Waals surface area (Å²) in [7, 11) is 0. The first kappa shape index (κ1) is 18.3. The predicted octanol–water partition coefficient (Wildman–Crippen LogP) is -2.40. The van der Waals surface area contributed by atoms with Gasteiger partial charge in [0.15, 0.2) is 0 Å². The molecule has 0 bridgehead atoms. The highest BCUT2D eigenvalue weighted by molar-refractivity contribution is 5.71. The minimum atomic E-state index is -1.07. The molecule has 0 aromatic heterocycles. The maximum atomic E-state index is 10.9. The first-order chi connectivity index (χ1) is 9.36. The molecular weight excluding hydrogens is 276 g/mol. The van der Waals surface area contributed by atoms with Gasteiger partial charge in [-0.2, -0.15) is 0 Å². The molecule has 9 heteroatoms. The lowest BCUT2D eigenvalue weighted by Gasteiger charge is -2.27. The van der Waals surface area contributed by atoms with E-state index in [1.165, 1.54) is 6.92 Å². The van der Waals surface area contributed by atoms with Crippen molar-refractivity contribution in [2.75, 3.05) is 39.6 Å². The van der Waals surface area contributed by atoms with Gasteiger partial charge >= 0.3 is 17.9 Å². The van der Waals surface area contributed by atoms with E-state index < -0.39 is 43.1 Å². The Bertz CT molecular complexity index is 288. The van der Waals surface area contributed by atoms with Crippen molar-refractivity contribution in [3.8, 4) is 0 Å². The van der Waals surface area contributed by atoms with Gasteiger partial charge in [0.2, 0.25) is 0 Å². The summed E-state index contributed by atoms with van der Waals surface area (Å²) in [6.45, 7) is -1.82. The lowest BCUT2D eigenvalue weighted by Crippen LogP contribution is -2.37. The molecule has 0 aliphatic carbocycles. The lowest BCUT2D eigenvalue weighted by atomic mass is 9.94. The zero-order chi connectivity index (χ0) is 15.6. The maximum Gasteiger partial charge on any atom is 0.331 e. The van der Waals surface area contributed by atoms with Crippen LogP contribution in [0.1, 0.15) is 6.92 Å². The molecule has 0 aliphatic heterocycles. The van der Waals surface area contributed by atoms with Gasteiger partial charge in [0.05, 0.1) is 5.41 Å². The molecule has 3 N–H and O–H groups in total. The van der Waals surface area contributed by atoms with Crippen molar-refractivity contribution in [1.82, 2.24) is 0 Å². The van der Waals surface area contributed by atoms with Crippen LogP contribution in [0.3, 0.4) is 0 Å². The summed E-state index contributed by atoms with van der Waals surface area (Å²) in [6.07, 6.45) is 0. The van der Waals surface area contributed by atoms with Crippen LogP contribution in [0.2, 0.25) is 0 Å². The monoisotopic (exact) mass is 294 g/mol. The van der Waals surface area contributed by atoms with Crippen molar-refractivity contribution < 1.29 is 43.9 Å². The molecule has 0 fully saturated rings. The summed E-state index contributed by atoms with van der Waals surface area (Å²) in [5.74, 6) is -2.67. The van der Waals surface area contributed by atoms with E-state index in [4.69, 9.17) is 29.5 Å². The fourth-order valence-electron chi connectivity index (χ4n) is 1.03. The van der Waals surface area contributed by atoms with Gasteiger partial charge in [0.25, 0.3) is 0 Å². The Morgan fingerprint density at radius 3 is 1.20 bits per heavy atom. The quantitative estimate of drug-likeness (QED) is 0.313. The van der Waals surface area contributed by atoms with Crippen LogP contribution in [0.4, 0.5) is 0 Å². The minimum absolute atomic E-state index is 0.288. The van der Waals surface area contributed by atoms with Crippen LogP contribution in [0.25, 0.3) is 0 Å². The number of aliphatic hydroxyl groups is 3. The number of ether oxygens (including phenoxy) is 3. The normalized spacial score (nSPS) is 10.8. The van der Waals surface area contributed by atoms with Crippen molar-refractivity contribution >= 4 is 17.9 Å². The van der Waals surface area contributed by atoms with Crippen molar-refractivity contribution in [1.29, 1.82) is 0 Å². The van der Waals surface area contributed by atoms with Crippen LogP contribution in [0.5, 0.6) is 0 Å². The average molecular weight is 294 g/mol. The number of carbonyl (C=O) groups is 3. The predicted molar refractivity (Wildman–Crippen MR) is 62.2 cm³/mol. The summed E-state index contributed by atoms with van der Waals surface area (Å²) < 4.78 is 14.1. The summed E-state index contributed by atoms with van der Waals surface area (Å²) in [6, 6.07) is 0. The second-order valence-corrected chi connectivity index (χ2v) is 4.27. The molecule has 0 atom stereocenters. The minimum Gasteiger partial charge on any atom is -0.463 e. The maximum absolute atomic E-state index is 10.9. The van der Waals surface area contributed by atoms with E-state index in [0.717, 1.165) is 0 Å². The summed E-state index contributed by atoms with van der Waals surface area (Å²) >= 11 is 0. The van der Waals surface area contributed by atoms with Crippen molar-refractivity contribution in [2.24, 2.45) is 5.41 Å². The first-order valence-corrected chi connectivity index (χ1v) is 5.66. The smallest absolute Gasteiger partial charge is 0.331 e. The fourth-order valence-corrected chi connectivity index (χ4v) is 1.03. The molecule has 0 unspecified atom stereocenters. The van der Waals surface area contributed by atoms with Crippen LogP contribution in [-0.4, -0.2) is 72.9 Å². The number of carbonyl (C=O) groups excluding carboxylic acids is 3. The molecule has 0 saturated carbocycles. The van der Waals surface area contributed by atoms with Gasteiger partial charge in [-0.15, -0.1) is 0 Å². The van der Waals surface area contributed by atoms with Gasteiger partial charge in [-0.1, -0.05) is 0 Å². The van der Waals surface area contributed by atoms with E-state index in [1.54, 1.807) is 0 Å². The van der Waals surface area contributed by atoms with Crippen molar-refractivity contribution in [3.05, 3.63) is 0 Å². The molecule has 0 aliphatic rings. The zero-order valence-electron chi connectivity index (χ0n) is 11.0. The van der Waals surface area contributed by atoms with E-state index in [2.05, 4.69) is 0 Å². The Hall–Kier alpha value is -1.71. The first-order valence-electron chi connectivity index (χ1n) is 5.66. The zero-order valence-corrected chi connectivity index (χ0v) is 11.0.